The summed E-state index contributed by atoms with van der Waals surface area (Å²) in [6, 6.07) is 7.86. The van der Waals surface area contributed by atoms with Gasteiger partial charge >= 0.3 is 0 Å². The zero-order valence-electron chi connectivity index (χ0n) is 20.4. The van der Waals surface area contributed by atoms with Crippen molar-refractivity contribution in [2.75, 3.05) is 14.1 Å². The highest BCUT2D eigenvalue weighted by molar-refractivity contribution is 6.21. The van der Waals surface area contributed by atoms with E-state index in [1.807, 2.05) is 19.0 Å². The van der Waals surface area contributed by atoms with Crippen LogP contribution < -0.4 is 5.73 Å². The second kappa shape index (κ2) is 8.85. The van der Waals surface area contributed by atoms with Gasteiger partial charge in [-0.25, -0.2) is 4.39 Å². The summed E-state index contributed by atoms with van der Waals surface area (Å²) in [7, 11) is 3.67. The van der Waals surface area contributed by atoms with Crippen LogP contribution in [-0.4, -0.2) is 51.8 Å². The van der Waals surface area contributed by atoms with Gasteiger partial charge in [0.05, 0.1) is 11.5 Å². The van der Waals surface area contributed by atoms with E-state index in [1.165, 1.54) is 12.1 Å². The van der Waals surface area contributed by atoms with Crippen LogP contribution in [0.4, 0.5) is 4.39 Å². The van der Waals surface area contributed by atoms with Crippen molar-refractivity contribution < 1.29 is 34.1 Å². The third-order valence-corrected chi connectivity index (χ3v) is 7.62. The van der Waals surface area contributed by atoms with Gasteiger partial charge in [0.1, 0.15) is 28.7 Å². The molecular formula is C28H27FN2O6. The molecule has 5 rings (SSSR count). The molecule has 8 nitrogen and oxygen atoms in total. The Labute approximate surface area is 212 Å². The summed E-state index contributed by atoms with van der Waals surface area (Å²) in [5.41, 5.74) is 7.35. The van der Waals surface area contributed by atoms with Crippen LogP contribution in [0.2, 0.25) is 0 Å². The number of aromatic hydroxyl groups is 1. The molecule has 1 fully saturated rings. The Balaban J connectivity index is 1.64. The van der Waals surface area contributed by atoms with Gasteiger partial charge in [-0.05, 0) is 73.7 Å². The van der Waals surface area contributed by atoms with Crippen LogP contribution in [0.1, 0.15) is 29.5 Å². The van der Waals surface area contributed by atoms with Crippen LogP contribution >= 0.6 is 0 Å². The molecule has 2 aromatic rings. The molecule has 0 aromatic heterocycles. The first kappa shape index (κ1) is 24.7. The van der Waals surface area contributed by atoms with E-state index in [2.05, 4.69) is 0 Å². The predicted octanol–water partition coefficient (Wildman–Crippen LogP) is 3.18. The zero-order valence-corrected chi connectivity index (χ0v) is 20.4. The highest BCUT2D eigenvalue weighted by Gasteiger charge is 2.51. The predicted molar refractivity (Wildman–Crippen MR) is 133 cm³/mol. The molecule has 1 amide bonds. The van der Waals surface area contributed by atoms with Gasteiger partial charge in [-0.2, -0.15) is 0 Å². The Morgan fingerprint density at radius 3 is 2.51 bits per heavy atom. The smallest absolute Gasteiger partial charge is 0.255 e. The van der Waals surface area contributed by atoms with Gasteiger partial charge in [-0.15, -0.1) is 0 Å². The number of fused-ring (bicyclic) bond motifs is 3. The number of allylic oxidation sites excluding steroid dienone is 2. The lowest BCUT2D eigenvalue weighted by molar-refractivity contribution is -0.127. The van der Waals surface area contributed by atoms with E-state index in [-0.39, 0.29) is 35.5 Å². The number of phenolic OH excluding ortho intramolecular Hbond substituents is 1. The average Bonchev–Trinajstić information content (AvgIpc) is 2.79. The summed E-state index contributed by atoms with van der Waals surface area (Å²) in [5, 5.41) is 32.6. The molecular weight excluding hydrogens is 479 g/mol. The van der Waals surface area contributed by atoms with Gasteiger partial charge in [0.2, 0.25) is 0 Å². The Morgan fingerprint density at radius 1 is 1.11 bits per heavy atom. The summed E-state index contributed by atoms with van der Waals surface area (Å²) in [6.07, 6.45) is 0.478. The van der Waals surface area contributed by atoms with Crippen molar-refractivity contribution >= 4 is 23.2 Å². The molecule has 0 bridgehead atoms. The van der Waals surface area contributed by atoms with Crippen molar-refractivity contribution in [3.63, 3.8) is 0 Å². The fourth-order valence-corrected chi connectivity index (χ4v) is 6.12. The minimum Gasteiger partial charge on any atom is -0.511 e. The number of hydrogen-bond acceptors (Lipinski definition) is 7. The summed E-state index contributed by atoms with van der Waals surface area (Å²) in [5.74, 6) is -6.09. The number of primary amides is 1. The van der Waals surface area contributed by atoms with Gasteiger partial charge in [-0.3, -0.25) is 14.4 Å². The van der Waals surface area contributed by atoms with Crippen molar-refractivity contribution in [1.29, 1.82) is 0 Å². The number of amides is 1. The van der Waals surface area contributed by atoms with Crippen molar-refractivity contribution in [3.8, 4) is 16.9 Å². The van der Waals surface area contributed by atoms with Gasteiger partial charge < -0.3 is 26.0 Å². The minimum absolute atomic E-state index is 0.0540. The Hall–Kier alpha value is -3.98. The quantitative estimate of drug-likeness (QED) is 0.467. The molecule has 3 aliphatic carbocycles. The highest BCUT2D eigenvalue weighted by atomic mass is 19.1. The van der Waals surface area contributed by atoms with Crippen LogP contribution in [0.15, 0.2) is 47.2 Å². The number of ketones is 2. The number of Topliss-reactive ketones (excluding diaryl/α,β-unsaturated/α-hetero) is 2. The maximum atomic E-state index is 14.4. The number of aliphatic hydroxyl groups excluding tert-OH is 2. The number of nitrogens with zero attached hydrogens (tertiary/aromatic N) is 1. The van der Waals surface area contributed by atoms with E-state index >= 15 is 0 Å². The molecule has 192 valence electrons. The molecule has 0 spiro atoms. The average molecular weight is 507 g/mol. The first-order valence-electron chi connectivity index (χ1n) is 12.0. The third-order valence-electron chi connectivity index (χ3n) is 7.62. The molecule has 3 atom stereocenters. The zero-order chi connectivity index (χ0) is 26.8. The lowest BCUT2D eigenvalue weighted by Gasteiger charge is -2.41. The molecule has 1 saturated carbocycles. The molecule has 2 aromatic carbocycles. The first-order valence-corrected chi connectivity index (χ1v) is 12.0. The van der Waals surface area contributed by atoms with Gasteiger partial charge in [0.15, 0.2) is 11.6 Å². The fraction of sp³-hybridized carbons (Fsp3) is 0.321. The van der Waals surface area contributed by atoms with Crippen molar-refractivity contribution in [1.82, 2.24) is 4.90 Å². The molecule has 0 radical (unpaired) electrons. The number of aliphatic hydroxyl groups is 2. The van der Waals surface area contributed by atoms with E-state index in [9.17, 15) is 34.1 Å². The van der Waals surface area contributed by atoms with E-state index in [1.54, 1.807) is 18.2 Å². The number of carbonyl (C=O) groups is 3. The van der Waals surface area contributed by atoms with Crippen LogP contribution in [0.25, 0.3) is 16.9 Å². The molecule has 0 heterocycles. The molecule has 3 unspecified atom stereocenters. The standard InChI is InChI=1S/C28H27FN2O6/c1-31(2)11-15-7-12(3-5-18(15)29)16-4-6-19(32)23-17(16)9-13-8-14-10-20(33)24(28(30)37)27(36)22(14)25(34)21(13)26(23)35/h3-7,13-14,22,32,35-36H,8-11H2,1-2H3,(H2,30,37). The number of halogens is 1. The van der Waals surface area contributed by atoms with Gasteiger partial charge in [0, 0.05) is 24.1 Å². The molecule has 0 aliphatic heterocycles. The monoisotopic (exact) mass is 506 g/mol. The summed E-state index contributed by atoms with van der Waals surface area (Å²) >= 11 is 0. The minimum atomic E-state index is -1.16. The molecule has 0 saturated heterocycles. The Morgan fingerprint density at radius 2 is 1.84 bits per heavy atom. The first-order chi connectivity index (χ1) is 17.5. The second-order valence-corrected chi connectivity index (χ2v) is 10.3. The third kappa shape index (κ3) is 3.90. The van der Waals surface area contributed by atoms with Crippen molar-refractivity contribution in [2.24, 2.45) is 23.5 Å². The SMILES string of the molecule is CN(C)Cc1cc(-c2ccc(O)c3c2CC2CC4CC(=O)C(C(N)=O)=C(O)C4C(=O)C2=C3O)ccc1F. The summed E-state index contributed by atoms with van der Waals surface area (Å²) in [4.78, 5) is 39.6. The molecule has 37 heavy (non-hydrogen) atoms. The van der Waals surface area contributed by atoms with E-state index in [0.29, 0.717) is 35.2 Å². The van der Waals surface area contributed by atoms with Crippen LogP contribution in [0.3, 0.4) is 0 Å². The maximum absolute atomic E-state index is 14.4. The van der Waals surface area contributed by atoms with Gasteiger partial charge in [-0.1, -0.05) is 12.1 Å². The van der Waals surface area contributed by atoms with Crippen molar-refractivity contribution in [3.05, 3.63) is 69.7 Å². The Kier molecular flexibility index (Phi) is 5.91. The highest BCUT2D eigenvalue weighted by Crippen LogP contribution is 2.51. The topological polar surface area (TPSA) is 141 Å². The van der Waals surface area contributed by atoms with Crippen molar-refractivity contribution in [2.45, 2.75) is 25.8 Å². The van der Waals surface area contributed by atoms with E-state index < -0.39 is 52.3 Å². The van der Waals surface area contributed by atoms with Gasteiger partial charge in [0.25, 0.3) is 5.91 Å². The largest absolute Gasteiger partial charge is 0.511 e. The van der Waals surface area contributed by atoms with Crippen LogP contribution in [0.5, 0.6) is 5.75 Å². The second-order valence-electron chi connectivity index (χ2n) is 10.3. The number of hydrogen-bond donors (Lipinski definition) is 4. The number of phenols is 1. The normalized spacial score (nSPS) is 23.2. The molecule has 5 N–H and O–H groups in total. The summed E-state index contributed by atoms with van der Waals surface area (Å²) < 4.78 is 14.4. The molecule has 3 aliphatic rings. The number of nitrogens with two attached hydrogens (primary N) is 1. The lowest BCUT2D eigenvalue weighted by atomic mass is 9.61. The van der Waals surface area contributed by atoms with E-state index in [4.69, 9.17) is 5.73 Å². The lowest BCUT2D eigenvalue weighted by Crippen LogP contribution is -2.44. The maximum Gasteiger partial charge on any atom is 0.255 e. The van der Waals surface area contributed by atoms with Crippen LogP contribution in [-0.2, 0) is 27.3 Å². The fourth-order valence-electron chi connectivity index (χ4n) is 6.12. The number of carbonyl (C=O) groups excluding carboxylic acids is 3. The number of rotatable bonds is 4. The number of benzene rings is 2. The van der Waals surface area contributed by atoms with E-state index in [0.717, 1.165) is 0 Å². The molecule has 9 heteroatoms. The van der Waals surface area contributed by atoms with Crippen LogP contribution in [0, 0.1) is 23.6 Å². The summed E-state index contributed by atoms with van der Waals surface area (Å²) in [6.45, 7) is 0.383. The Bertz CT molecular complexity index is 1440.